The molecular weight excluding hydrogens is 925 g/mol. The number of rotatable bonds is 52. The van der Waals surface area contributed by atoms with Crippen molar-refractivity contribution < 1.29 is 28.6 Å². The fourth-order valence-corrected chi connectivity index (χ4v) is 7.63. The van der Waals surface area contributed by atoms with Gasteiger partial charge in [-0.05, 0) is 141 Å². The van der Waals surface area contributed by atoms with Gasteiger partial charge in [0.05, 0.1) is 0 Å². The predicted molar refractivity (Wildman–Crippen MR) is 325 cm³/mol. The molecule has 6 heteroatoms. The highest BCUT2D eigenvalue weighted by molar-refractivity contribution is 5.71. The van der Waals surface area contributed by atoms with E-state index in [0.717, 1.165) is 128 Å². The van der Waals surface area contributed by atoms with E-state index in [0.29, 0.717) is 19.3 Å². The van der Waals surface area contributed by atoms with Crippen LogP contribution in [-0.4, -0.2) is 37.2 Å². The number of hydrogen-bond acceptors (Lipinski definition) is 6. The van der Waals surface area contributed by atoms with Gasteiger partial charge < -0.3 is 14.2 Å². The molecule has 0 aromatic rings. The normalized spacial score (nSPS) is 13.3. The van der Waals surface area contributed by atoms with Crippen molar-refractivity contribution in [3.8, 4) is 0 Å². The van der Waals surface area contributed by atoms with Crippen LogP contribution in [0.5, 0.6) is 0 Å². The minimum atomic E-state index is -0.826. The van der Waals surface area contributed by atoms with Crippen LogP contribution in [0.3, 0.4) is 0 Å². The average molecular weight is 1030 g/mol. The summed E-state index contributed by atoms with van der Waals surface area (Å²) in [4.78, 5) is 38.2. The van der Waals surface area contributed by atoms with E-state index >= 15 is 0 Å². The summed E-state index contributed by atoms with van der Waals surface area (Å²) in [6, 6.07) is 0. The summed E-state index contributed by atoms with van der Waals surface area (Å²) in [5.41, 5.74) is 0. The van der Waals surface area contributed by atoms with Gasteiger partial charge in [-0.3, -0.25) is 14.4 Å². The summed E-state index contributed by atoms with van der Waals surface area (Å²) in [6.07, 6.45) is 89.6. The van der Waals surface area contributed by atoms with Gasteiger partial charge in [-0.2, -0.15) is 0 Å². The van der Waals surface area contributed by atoms with Crippen LogP contribution < -0.4 is 0 Å². The monoisotopic (exact) mass is 1030 g/mol. The molecular formula is C69H108O6. The van der Waals surface area contributed by atoms with Gasteiger partial charge in [-0.15, -0.1) is 0 Å². The average Bonchev–Trinajstić information content (AvgIpc) is 3.41. The zero-order chi connectivity index (χ0) is 54.3. The maximum Gasteiger partial charge on any atom is 0.306 e. The molecule has 75 heavy (non-hydrogen) atoms. The molecule has 1 unspecified atom stereocenters. The Labute approximate surface area is 460 Å². The highest BCUT2D eigenvalue weighted by atomic mass is 16.6. The van der Waals surface area contributed by atoms with E-state index in [1.807, 2.05) is 0 Å². The zero-order valence-electron chi connectivity index (χ0n) is 48.0. The Morgan fingerprint density at radius 3 is 0.773 bits per heavy atom. The molecule has 0 radical (unpaired) electrons. The lowest BCUT2D eigenvalue weighted by Crippen LogP contribution is -2.30. The second-order valence-corrected chi connectivity index (χ2v) is 19.1. The van der Waals surface area contributed by atoms with Gasteiger partial charge in [0, 0.05) is 19.3 Å². The topological polar surface area (TPSA) is 78.9 Å². The molecule has 0 aliphatic heterocycles. The van der Waals surface area contributed by atoms with Gasteiger partial charge >= 0.3 is 17.9 Å². The van der Waals surface area contributed by atoms with Crippen LogP contribution in [0.4, 0.5) is 0 Å². The molecule has 0 bridgehead atoms. The Balaban J connectivity index is 4.41. The van der Waals surface area contributed by atoms with E-state index in [2.05, 4.69) is 179 Å². The largest absolute Gasteiger partial charge is 0.462 e. The zero-order valence-corrected chi connectivity index (χ0v) is 48.0. The quantitative estimate of drug-likeness (QED) is 0.0261. The van der Waals surface area contributed by atoms with Crippen LogP contribution in [0.15, 0.2) is 158 Å². The molecule has 0 N–H and O–H groups in total. The van der Waals surface area contributed by atoms with Crippen LogP contribution in [0.25, 0.3) is 0 Å². The van der Waals surface area contributed by atoms with E-state index in [9.17, 15) is 14.4 Å². The molecule has 0 aliphatic carbocycles. The summed E-state index contributed by atoms with van der Waals surface area (Å²) in [7, 11) is 0. The van der Waals surface area contributed by atoms with E-state index in [1.54, 1.807) is 0 Å². The number of allylic oxidation sites excluding steroid dienone is 26. The maximum atomic E-state index is 12.8. The molecule has 0 aliphatic rings. The third-order valence-electron chi connectivity index (χ3n) is 12.0. The molecule has 0 fully saturated rings. The SMILES string of the molecule is CC/C=C\C/C=C\C/C=C\C/C=C\C/C=C\CCCCCCCCCCCCCC(=O)OCC(COC(=O)CCCC/C=C\C/C=C\C/C=C\C/C=C\CC)OC(=O)CCCC/C=C\C/C=C\C/C=C\C/C=C\CC. The van der Waals surface area contributed by atoms with E-state index in [1.165, 1.54) is 57.8 Å². The fourth-order valence-electron chi connectivity index (χ4n) is 7.63. The molecule has 420 valence electrons. The number of unbranched alkanes of at least 4 members (excludes halogenated alkanes) is 15. The molecule has 0 amide bonds. The Kier molecular flexibility index (Phi) is 57.5. The Morgan fingerprint density at radius 1 is 0.267 bits per heavy atom. The van der Waals surface area contributed by atoms with Gasteiger partial charge in [-0.1, -0.05) is 237 Å². The van der Waals surface area contributed by atoms with Gasteiger partial charge in [0.2, 0.25) is 0 Å². The van der Waals surface area contributed by atoms with Crippen LogP contribution in [-0.2, 0) is 28.6 Å². The van der Waals surface area contributed by atoms with Gasteiger partial charge in [0.1, 0.15) is 13.2 Å². The minimum absolute atomic E-state index is 0.116. The molecule has 6 nitrogen and oxygen atoms in total. The second-order valence-electron chi connectivity index (χ2n) is 19.1. The van der Waals surface area contributed by atoms with E-state index < -0.39 is 6.10 Å². The number of carbonyl (C=O) groups excluding carboxylic acids is 3. The smallest absolute Gasteiger partial charge is 0.306 e. The molecule has 0 heterocycles. The Bertz CT molecular complexity index is 1710. The lowest BCUT2D eigenvalue weighted by Gasteiger charge is -2.18. The van der Waals surface area contributed by atoms with Crippen LogP contribution in [0.1, 0.15) is 239 Å². The van der Waals surface area contributed by atoms with Gasteiger partial charge in [-0.25, -0.2) is 0 Å². The fraction of sp³-hybridized carbons (Fsp3) is 0.580. The van der Waals surface area contributed by atoms with Crippen molar-refractivity contribution in [1.29, 1.82) is 0 Å². The first kappa shape index (κ1) is 70.0. The van der Waals surface area contributed by atoms with Gasteiger partial charge in [0.25, 0.3) is 0 Å². The van der Waals surface area contributed by atoms with Crippen LogP contribution >= 0.6 is 0 Å². The third kappa shape index (κ3) is 59.8. The van der Waals surface area contributed by atoms with Crippen molar-refractivity contribution in [2.75, 3.05) is 13.2 Å². The number of esters is 3. The second kappa shape index (κ2) is 61.6. The van der Waals surface area contributed by atoms with E-state index in [-0.39, 0.29) is 44.0 Å². The van der Waals surface area contributed by atoms with Crippen LogP contribution in [0, 0.1) is 0 Å². The third-order valence-corrected chi connectivity index (χ3v) is 12.0. The first-order chi connectivity index (χ1) is 37.0. The van der Waals surface area contributed by atoms with Crippen molar-refractivity contribution in [3.63, 3.8) is 0 Å². The first-order valence-electron chi connectivity index (χ1n) is 30.0. The predicted octanol–water partition coefficient (Wildman–Crippen LogP) is 20.5. The van der Waals surface area contributed by atoms with Crippen molar-refractivity contribution in [2.24, 2.45) is 0 Å². The molecule has 0 spiro atoms. The summed E-state index contributed by atoms with van der Waals surface area (Å²) >= 11 is 0. The van der Waals surface area contributed by atoms with Crippen molar-refractivity contribution in [2.45, 2.75) is 245 Å². The maximum absolute atomic E-state index is 12.8. The molecule has 1 atom stereocenters. The van der Waals surface area contributed by atoms with Crippen molar-refractivity contribution in [3.05, 3.63) is 158 Å². The lowest BCUT2D eigenvalue weighted by molar-refractivity contribution is -0.167. The first-order valence-corrected chi connectivity index (χ1v) is 30.0. The van der Waals surface area contributed by atoms with Crippen LogP contribution in [0.2, 0.25) is 0 Å². The molecule has 0 saturated carbocycles. The molecule has 0 aromatic heterocycles. The highest BCUT2D eigenvalue weighted by Crippen LogP contribution is 2.14. The lowest BCUT2D eigenvalue weighted by atomic mass is 10.0. The summed E-state index contributed by atoms with van der Waals surface area (Å²) in [5, 5.41) is 0. The van der Waals surface area contributed by atoms with Crippen molar-refractivity contribution >= 4 is 17.9 Å². The molecule has 0 rings (SSSR count). The Morgan fingerprint density at radius 2 is 0.480 bits per heavy atom. The summed E-state index contributed by atoms with van der Waals surface area (Å²) in [6.45, 7) is 6.21. The molecule has 0 saturated heterocycles. The number of carbonyl (C=O) groups is 3. The minimum Gasteiger partial charge on any atom is -0.462 e. The molecule has 0 aromatic carbocycles. The summed E-state index contributed by atoms with van der Waals surface area (Å²) < 4.78 is 16.8. The summed E-state index contributed by atoms with van der Waals surface area (Å²) in [5.74, 6) is -1.01. The standard InChI is InChI=1S/C69H108O6/c1-4-7-10-13-16-19-22-25-28-29-30-31-32-33-34-35-36-37-38-39-42-44-47-50-53-56-59-62-68(71)74-65-66(75-69(72)63-60-57-54-51-48-45-41-27-24-21-18-15-12-9-6-3)64-73-67(70)61-58-55-52-49-46-43-40-26-23-20-17-14-11-8-5-2/h7-12,16-21,25-28,30-31,33-34,40-41,46,48-49,51,66H,4-6,13-15,22-24,29,32,35-39,42-45,47,50,52-65H2,1-3H3/b10-7-,11-8-,12-9-,19-16-,20-17-,21-18-,28-25-,31-30-,34-33-,40-26-,41-27-,49-46-,51-48-. The van der Waals surface area contributed by atoms with E-state index in [4.69, 9.17) is 14.2 Å². The number of ether oxygens (including phenoxy) is 3. The number of hydrogen-bond donors (Lipinski definition) is 0. The van der Waals surface area contributed by atoms with Crippen molar-refractivity contribution in [1.82, 2.24) is 0 Å². The van der Waals surface area contributed by atoms with Gasteiger partial charge in [0.15, 0.2) is 6.10 Å². The highest BCUT2D eigenvalue weighted by Gasteiger charge is 2.19. The Hall–Kier alpha value is -4.97.